The van der Waals surface area contributed by atoms with Crippen molar-refractivity contribution in [1.29, 1.82) is 0 Å². The van der Waals surface area contributed by atoms with E-state index in [2.05, 4.69) is 33.9 Å². The second kappa shape index (κ2) is 6.50. The fourth-order valence-electron chi connectivity index (χ4n) is 2.17. The Kier molecular flexibility index (Phi) is 4.97. The van der Waals surface area contributed by atoms with Crippen LogP contribution in [0.25, 0.3) is 0 Å². The summed E-state index contributed by atoms with van der Waals surface area (Å²) in [5.41, 5.74) is 1.31. The number of benzene rings is 1. The van der Waals surface area contributed by atoms with Crippen molar-refractivity contribution in [3.63, 3.8) is 0 Å². The molecular formula is C12H17ClN2S. The zero-order chi connectivity index (χ0) is 11.2. The quantitative estimate of drug-likeness (QED) is 0.815. The van der Waals surface area contributed by atoms with Gasteiger partial charge in [0.2, 0.25) is 0 Å². The molecule has 0 bridgehead atoms. The molecule has 1 aromatic carbocycles. The molecule has 88 valence electrons. The third kappa shape index (κ3) is 3.39. The Labute approximate surface area is 106 Å². The van der Waals surface area contributed by atoms with Crippen molar-refractivity contribution in [2.24, 2.45) is 0 Å². The van der Waals surface area contributed by atoms with Crippen molar-refractivity contribution in [3.05, 3.63) is 35.9 Å². The lowest BCUT2D eigenvalue weighted by atomic mass is 10.1. The van der Waals surface area contributed by atoms with Gasteiger partial charge in [0.25, 0.3) is 0 Å². The summed E-state index contributed by atoms with van der Waals surface area (Å²) in [5, 5.41) is 0. The van der Waals surface area contributed by atoms with E-state index in [1.54, 1.807) is 0 Å². The second-order valence-electron chi connectivity index (χ2n) is 4.17. The lowest BCUT2D eigenvalue weighted by Crippen LogP contribution is -2.30. The molecule has 1 heterocycles. The monoisotopic (exact) mass is 256 g/mol. The third-order valence-corrected chi connectivity index (χ3v) is 3.67. The highest BCUT2D eigenvalue weighted by Crippen LogP contribution is 2.20. The Morgan fingerprint density at radius 2 is 1.94 bits per heavy atom. The van der Waals surface area contributed by atoms with E-state index >= 15 is 0 Å². The van der Waals surface area contributed by atoms with Crippen LogP contribution in [0.3, 0.4) is 0 Å². The van der Waals surface area contributed by atoms with E-state index in [9.17, 15) is 0 Å². The molecule has 16 heavy (non-hydrogen) atoms. The van der Waals surface area contributed by atoms with Gasteiger partial charge < -0.3 is 4.90 Å². The van der Waals surface area contributed by atoms with Crippen LogP contribution in [0.1, 0.15) is 24.4 Å². The molecule has 1 aliphatic heterocycles. The first-order chi connectivity index (χ1) is 7.90. The lowest BCUT2D eigenvalue weighted by molar-refractivity contribution is 0.310. The molecule has 1 fully saturated rings. The first-order valence-corrected chi connectivity index (χ1v) is 7.35. The summed E-state index contributed by atoms with van der Waals surface area (Å²) < 4.78 is 3.27. The number of nitrogens with one attached hydrogen (secondary N) is 1. The van der Waals surface area contributed by atoms with Gasteiger partial charge in [0.1, 0.15) is 0 Å². The average Bonchev–Trinajstić information content (AvgIpc) is 2.83. The minimum absolute atomic E-state index is 0.321. The molecule has 4 heteroatoms. The van der Waals surface area contributed by atoms with Gasteiger partial charge in [-0.05, 0) is 42.2 Å². The molecule has 0 radical (unpaired) electrons. The Morgan fingerprint density at radius 3 is 2.56 bits per heavy atom. The zero-order valence-electron chi connectivity index (χ0n) is 9.23. The first-order valence-electron chi connectivity index (χ1n) is 5.70. The first kappa shape index (κ1) is 12.2. The van der Waals surface area contributed by atoms with Crippen LogP contribution in [0.4, 0.5) is 0 Å². The average molecular weight is 257 g/mol. The summed E-state index contributed by atoms with van der Waals surface area (Å²) in [4.78, 5) is 2.50. The topological polar surface area (TPSA) is 15.3 Å². The molecule has 1 atom stereocenters. The van der Waals surface area contributed by atoms with E-state index in [0.29, 0.717) is 6.04 Å². The van der Waals surface area contributed by atoms with Crippen molar-refractivity contribution in [3.8, 4) is 0 Å². The van der Waals surface area contributed by atoms with Crippen molar-refractivity contribution in [1.82, 2.24) is 9.62 Å². The summed E-state index contributed by atoms with van der Waals surface area (Å²) >= 11 is 1.18. The maximum absolute atomic E-state index is 5.72. The van der Waals surface area contributed by atoms with Crippen LogP contribution in [0, 0.1) is 0 Å². The van der Waals surface area contributed by atoms with Gasteiger partial charge in [-0.2, -0.15) is 0 Å². The molecular weight excluding hydrogens is 240 g/mol. The molecule has 2 rings (SSSR count). The molecule has 1 aromatic rings. The molecule has 1 saturated heterocycles. The molecule has 2 nitrogen and oxygen atoms in total. The molecule has 0 aromatic heterocycles. The van der Waals surface area contributed by atoms with Crippen LogP contribution >= 0.6 is 21.8 Å². The van der Waals surface area contributed by atoms with E-state index < -0.39 is 0 Å². The number of hydrogen-bond donors (Lipinski definition) is 1. The SMILES string of the molecule is ClSNC(CN1CCCC1)c1ccccc1. The van der Waals surface area contributed by atoms with Gasteiger partial charge in [0.15, 0.2) is 0 Å². The van der Waals surface area contributed by atoms with Crippen molar-refractivity contribution < 1.29 is 0 Å². The normalized spacial score (nSPS) is 18.8. The molecule has 1 unspecified atom stereocenters. The van der Waals surface area contributed by atoms with Gasteiger partial charge in [-0.3, -0.25) is 0 Å². The van der Waals surface area contributed by atoms with E-state index in [-0.39, 0.29) is 0 Å². The van der Waals surface area contributed by atoms with Crippen LogP contribution in [0.5, 0.6) is 0 Å². The molecule has 0 spiro atoms. The third-order valence-electron chi connectivity index (χ3n) is 3.03. The Balaban J connectivity index is 1.99. The van der Waals surface area contributed by atoms with E-state index in [0.717, 1.165) is 6.54 Å². The van der Waals surface area contributed by atoms with Crippen LogP contribution in [0.15, 0.2) is 30.3 Å². The molecule has 0 saturated carbocycles. The fourth-order valence-corrected chi connectivity index (χ4v) is 2.81. The van der Waals surface area contributed by atoms with E-state index in [1.807, 2.05) is 6.07 Å². The number of rotatable bonds is 5. The number of likely N-dealkylation sites (tertiary alicyclic amines) is 1. The van der Waals surface area contributed by atoms with Gasteiger partial charge in [-0.25, -0.2) is 4.72 Å². The van der Waals surface area contributed by atoms with Crippen LogP contribution in [-0.4, -0.2) is 24.5 Å². The number of hydrogen-bond acceptors (Lipinski definition) is 3. The van der Waals surface area contributed by atoms with Crippen molar-refractivity contribution in [2.75, 3.05) is 19.6 Å². The van der Waals surface area contributed by atoms with Gasteiger partial charge >= 0.3 is 0 Å². The summed E-state index contributed by atoms with van der Waals surface area (Å²) in [7, 11) is 5.72. The van der Waals surface area contributed by atoms with Crippen LogP contribution < -0.4 is 4.72 Å². The molecule has 0 amide bonds. The van der Waals surface area contributed by atoms with E-state index in [4.69, 9.17) is 10.7 Å². The van der Waals surface area contributed by atoms with Gasteiger partial charge in [-0.15, -0.1) is 0 Å². The lowest BCUT2D eigenvalue weighted by Gasteiger charge is -2.23. The van der Waals surface area contributed by atoms with Crippen molar-refractivity contribution >= 4 is 21.8 Å². The van der Waals surface area contributed by atoms with Crippen molar-refractivity contribution in [2.45, 2.75) is 18.9 Å². The highest BCUT2D eigenvalue weighted by Gasteiger charge is 2.18. The van der Waals surface area contributed by atoms with Gasteiger partial charge in [0.05, 0.1) is 6.04 Å². The fraction of sp³-hybridized carbons (Fsp3) is 0.500. The summed E-state index contributed by atoms with van der Waals surface area (Å²) in [6, 6.07) is 10.8. The maximum Gasteiger partial charge on any atom is 0.0559 e. The maximum atomic E-state index is 5.72. The molecule has 0 aliphatic carbocycles. The van der Waals surface area contributed by atoms with Gasteiger partial charge in [-0.1, -0.05) is 30.3 Å². The molecule has 1 N–H and O–H groups in total. The minimum Gasteiger partial charge on any atom is -0.301 e. The Morgan fingerprint density at radius 1 is 1.25 bits per heavy atom. The second-order valence-corrected chi connectivity index (χ2v) is 5.02. The summed E-state index contributed by atoms with van der Waals surface area (Å²) in [6.45, 7) is 3.49. The number of nitrogens with zero attached hydrogens (tertiary/aromatic N) is 1. The Hall–Kier alpha value is -0.220. The predicted molar refractivity (Wildman–Crippen MR) is 71.4 cm³/mol. The summed E-state index contributed by atoms with van der Waals surface area (Å²) in [6.07, 6.45) is 2.66. The summed E-state index contributed by atoms with van der Waals surface area (Å²) in [5.74, 6) is 0. The standard InChI is InChI=1S/C12H17ClN2S/c13-16-14-12(10-15-8-4-5-9-15)11-6-2-1-3-7-11/h1-3,6-7,12,14H,4-5,8-10H2. The highest BCUT2D eigenvalue weighted by molar-refractivity contribution is 8.19. The van der Waals surface area contributed by atoms with E-state index in [1.165, 1.54) is 42.7 Å². The largest absolute Gasteiger partial charge is 0.301 e. The number of halogens is 1. The van der Waals surface area contributed by atoms with Gasteiger partial charge in [0, 0.05) is 17.7 Å². The smallest absolute Gasteiger partial charge is 0.0559 e. The predicted octanol–water partition coefficient (Wildman–Crippen LogP) is 3.22. The highest BCUT2D eigenvalue weighted by atomic mass is 35.7. The van der Waals surface area contributed by atoms with Crippen LogP contribution in [-0.2, 0) is 0 Å². The van der Waals surface area contributed by atoms with Crippen LogP contribution in [0.2, 0.25) is 0 Å². The Bertz CT molecular complexity index is 301. The molecule has 1 aliphatic rings. The minimum atomic E-state index is 0.321. The zero-order valence-corrected chi connectivity index (χ0v) is 10.8.